The number of carbonyl (C=O) groups is 1. The van der Waals surface area contributed by atoms with Crippen LogP contribution in [0.2, 0.25) is 0 Å². The molecular formula is C18H21NO4. The van der Waals surface area contributed by atoms with E-state index in [1.807, 2.05) is 37.4 Å². The van der Waals surface area contributed by atoms with E-state index < -0.39 is 5.97 Å². The predicted octanol–water partition coefficient (Wildman–Crippen LogP) is 3.03. The average molecular weight is 315 g/mol. The topological polar surface area (TPSA) is 59.0 Å². The second kappa shape index (κ2) is 7.65. The van der Waals surface area contributed by atoms with Gasteiger partial charge in [-0.2, -0.15) is 0 Å². The molecule has 0 heterocycles. The van der Waals surface area contributed by atoms with Crippen LogP contribution >= 0.6 is 0 Å². The second-order valence-corrected chi connectivity index (χ2v) is 5.40. The molecule has 5 nitrogen and oxygen atoms in total. The molecule has 2 aromatic rings. The highest BCUT2D eigenvalue weighted by molar-refractivity contribution is 5.87. The first kappa shape index (κ1) is 16.8. The van der Waals surface area contributed by atoms with E-state index in [0.717, 1.165) is 35.7 Å². The molecular weight excluding hydrogens is 294 g/mol. The Bertz CT molecular complexity index is 645. The summed E-state index contributed by atoms with van der Waals surface area (Å²) in [4.78, 5) is 13.0. The SMILES string of the molecule is COc1cc(CN(C)Cc2ccc(C(=O)O)cc2)cc(OC)c1. The van der Waals surface area contributed by atoms with Crippen molar-refractivity contribution >= 4 is 5.97 Å². The highest BCUT2D eigenvalue weighted by atomic mass is 16.5. The maximum absolute atomic E-state index is 10.9. The molecule has 0 spiro atoms. The Labute approximate surface area is 136 Å². The third-order valence-corrected chi connectivity index (χ3v) is 3.52. The summed E-state index contributed by atoms with van der Waals surface area (Å²) in [7, 11) is 5.27. The number of carboxylic acid groups (broad SMARTS) is 1. The minimum atomic E-state index is -0.909. The Morgan fingerprint density at radius 1 is 0.957 bits per heavy atom. The highest BCUT2D eigenvalue weighted by Gasteiger charge is 2.07. The molecule has 0 atom stereocenters. The minimum Gasteiger partial charge on any atom is -0.497 e. The number of methoxy groups -OCH3 is 2. The van der Waals surface area contributed by atoms with Gasteiger partial charge in [0.25, 0.3) is 0 Å². The summed E-state index contributed by atoms with van der Waals surface area (Å²) in [6, 6.07) is 12.7. The predicted molar refractivity (Wildman–Crippen MR) is 88.1 cm³/mol. The Hall–Kier alpha value is -2.53. The Morgan fingerprint density at radius 2 is 1.48 bits per heavy atom. The molecule has 0 aliphatic heterocycles. The largest absolute Gasteiger partial charge is 0.497 e. The lowest BCUT2D eigenvalue weighted by atomic mass is 10.1. The fourth-order valence-corrected chi connectivity index (χ4v) is 2.39. The maximum atomic E-state index is 10.9. The van der Waals surface area contributed by atoms with Crippen molar-refractivity contribution in [2.24, 2.45) is 0 Å². The Kier molecular flexibility index (Phi) is 5.60. The number of rotatable bonds is 7. The van der Waals surface area contributed by atoms with Gasteiger partial charge in [-0.25, -0.2) is 4.79 Å². The monoisotopic (exact) mass is 315 g/mol. The van der Waals surface area contributed by atoms with Crippen LogP contribution in [0.5, 0.6) is 11.5 Å². The van der Waals surface area contributed by atoms with E-state index in [-0.39, 0.29) is 0 Å². The summed E-state index contributed by atoms with van der Waals surface area (Å²) in [6.07, 6.45) is 0. The number of hydrogen-bond acceptors (Lipinski definition) is 4. The highest BCUT2D eigenvalue weighted by Crippen LogP contribution is 2.23. The van der Waals surface area contributed by atoms with E-state index in [1.165, 1.54) is 0 Å². The van der Waals surface area contributed by atoms with Gasteiger partial charge in [-0.1, -0.05) is 12.1 Å². The second-order valence-electron chi connectivity index (χ2n) is 5.40. The Balaban J connectivity index is 2.04. The quantitative estimate of drug-likeness (QED) is 0.851. The van der Waals surface area contributed by atoms with Crippen molar-refractivity contribution in [3.63, 3.8) is 0 Å². The van der Waals surface area contributed by atoms with Crippen molar-refractivity contribution in [1.82, 2.24) is 4.90 Å². The van der Waals surface area contributed by atoms with E-state index in [9.17, 15) is 4.79 Å². The maximum Gasteiger partial charge on any atom is 0.335 e. The zero-order valence-corrected chi connectivity index (χ0v) is 13.6. The molecule has 1 N–H and O–H groups in total. The summed E-state index contributed by atoms with van der Waals surface area (Å²) >= 11 is 0. The Morgan fingerprint density at radius 3 is 1.96 bits per heavy atom. The van der Waals surface area contributed by atoms with E-state index >= 15 is 0 Å². The van der Waals surface area contributed by atoms with Crippen LogP contribution in [-0.2, 0) is 13.1 Å². The molecule has 0 aliphatic rings. The minimum absolute atomic E-state index is 0.300. The summed E-state index contributed by atoms with van der Waals surface area (Å²) in [6.45, 7) is 1.45. The molecule has 0 aliphatic carbocycles. The molecule has 23 heavy (non-hydrogen) atoms. The van der Waals surface area contributed by atoms with Gasteiger partial charge in [0.15, 0.2) is 0 Å². The summed E-state index contributed by atoms with van der Waals surface area (Å²) in [5.41, 5.74) is 2.45. The summed E-state index contributed by atoms with van der Waals surface area (Å²) in [5.74, 6) is 0.616. The average Bonchev–Trinajstić information content (AvgIpc) is 2.54. The van der Waals surface area contributed by atoms with E-state index in [2.05, 4.69) is 4.90 Å². The first-order chi connectivity index (χ1) is 11.0. The lowest BCUT2D eigenvalue weighted by molar-refractivity contribution is 0.0697. The number of nitrogens with zero attached hydrogens (tertiary/aromatic N) is 1. The number of hydrogen-bond donors (Lipinski definition) is 1. The van der Waals surface area contributed by atoms with Crippen LogP contribution < -0.4 is 9.47 Å². The normalized spacial score (nSPS) is 10.6. The lowest BCUT2D eigenvalue weighted by Gasteiger charge is -2.18. The van der Waals surface area contributed by atoms with Gasteiger partial charge in [0.05, 0.1) is 19.8 Å². The summed E-state index contributed by atoms with van der Waals surface area (Å²) in [5, 5.41) is 8.92. The van der Waals surface area contributed by atoms with Crippen LogP contribution in [0.15, 0.2) is 42.5 Å². The molecule has 2 rings (SSSR count). The van der Waals surface area contributed by atoms with Crippen LogP contribution in [0, 0.1) is 0 Å². The van der Waals surface area contributed by atoms with Gasteiger partial charge in [0.1, 0.15) is 11.5 Å². The van der Waals surface area contributed by atoms with E-state index in [1.54, 1.807) is 26.4 Å². The van der Waals surface area contributed by atoms with Gasteiger partial charge in [0.2, 0.25) is 0 Å². The summed E-state index contributed by atoms with van der Waals surface area (Å²) < 4.78 is 10.6. The zero-order chi connectivity index (χ0) is 16.8. The molecule has 0 aromatic heterocycles. The van der Waals surface area contributed by atoms with Crippen LogP contribution in [-0.4, -0.2) is 37.2 Å². The standard InChI is InChI=1S/C18H21NO4/c1-19(11-13-4-6-15(7-5-13)18(20)21)12-14-8-16(22-2)10-17(9-14)23-3/h4-10H,11-12H2,1-3H3,(H,20,21). The van der Waals surface area contributed by atoms with Crippen molar-refractivity contribution in [2.75, 3.05) is 21.3 Å². The third-order valence-electron chi connectivity index (χ3n) is 3.52. The van der Waals surface area contributed by atoms with Gasteiger partial charge in [0, 0.05) is 19.2 Å². The first-order valence-electron chi connectivity index (χ1n) is 7.24. The molecule has 2 aromatic carbocycles. The van der Waals surface area contributed by atoms with Crippen LogP contribution in [0.4, 0.5) is 0 Å². The molecule has 0 unspecified atom stereocenters. The van der Waals surface area contributed by atoms with Crippen LogP contribution in [0.25, 0.3) is 0 Å². The van der Waals surface area contributed by atoms with Gasteiger partial charge >= 0.3 is 5.97 Å². The molecule has 5 heteroatoms. The molecule has 0 fully saturated rings. The molecule has 0 radical (unpaired) electrons. The lowest BCUT2D eigenvalue weighted by Crippen LogP contribution is -2.17. The van der Waals surface area contributed by atoms with Gasteiger partial charge in [-0.05, 0) is 42.4 Å². The number of ether oxygens (including phenoxy) is 2. The van der Waals surface area contributed by atoms with Gasteiger partial charge in [-0.3, -0.25) is 4.90 Å². The van der Waals surface area contributed by atoms with Crippen LogP contribution in [0.1, 0.15) is 21.5 Å². The van der Waals surface area contributed by atoms with Crippen molar-refractivity contribution in [3.05, 3.63) is 59.2 Å². The molecule has 0 amide bonds. The molecule has 122 valence electrons. The zero-order valence-electron chi connectivity index (χ0n) is 13.6. The number of carboxylic acids is 1. The van der Waals surface area contributed by atoms with E-state index in [0.29, 0.717) is 5.56 Å². The molecule has 0 bridgehead atoms. The first-order valence-corrected chi connectivity index (χ1v) is 7.24. The van der Waals surface area contributed by atoms with Crippen molar-refractivity contribution in [2.45, 2.75) is 13.1 Å². The number of aromatic carboxylic acids is 1. The van der Waals surface area contributed by atoms with Crippen molar-refractivity contribution in [3.8, 4) is 11.5 Å². The van der Waals surface area contributed by atoms with Crippen molar-refractivity contribution in [1.29, 1.82) is 0 Å². The van der Waals surface area contributed by atoms with Crippen LogP contribution in [0.3, 0.4) is 0 Å². The third kappa shape index (κ3) is 4.72. The molecule has 0 saturated carbocycles. The fraction of sp³-hybridized carbons (Fsp3) is 0.278. The van der Waals surface area contributed by atoms with Gasteiger partial charge in [-0.15, -0.1) is 0 Å². The fourth-order valence-electron chi connectivity index (χ4n) is 2.39. The van der Waals surface area contributed by atoms with E-state index in [4.69, 9.17) is 14.6 Å². The number of benzene rings is 2. The van der Waals surface area contributed by atoms with Gasteiger partial charge < -0.3 is 14.6 Å². The van der Waals surface area contributed by atoms with Crippen molar-refractivity contribution < 1.29 is 19.4 Å². The smallest absolute Gasteiger partial charge is 0.335 e. The molecule has 0 saturated heterocycles.